The minimum Gasteiger partial charge on any atom is -0.497 e. The zero-order chi connectivity index (χ0) is 26.0. The molecule has 1 aliphatic heterocycles. The molecule has 37 heavy (non-hydrogen) atoms. The van der Waals surface area contributed by atoms with Crippen LogP contribution in [0.1, 0.15) is 46.4 Å². The molecular formula is C29H33N3O5. The van der Waals surface area contributed by atoms with Gasteiger partial charge in [0, 0.05) is 17.7 Å². The van der Waals surface area contributed by atoms with E-state index in [1.165, 1.54) is 12.8 Å². The van der Waals surface area contributed by atoms with Crippen molar-refractivity contribution in [1.29, 1.82) is 0 Å². The predicted octanol–water partition coefficient (Wildman–Crippen LogP) is 5.12. The molecule has 4 rings (SSSR count). The monoisotopic (exact) mass is 503 g/mol. The standard InChI is InChI=1S/C29H33N3O5/c1-35-22-12-10-20(11-13-22)28(33)31-25-8-3-4-9-26(25)32-29(34)24-15-14-23(36-2)19-27(24)37-18-16-21-7-5-6-17-30-21/h3-4,8-15,19,21,30H,5-7,16-18H2,1-2H3,(H,31,33)(H,32,34). The molecule has 0 aromatic heterocycles. The second kappa shape index (κ2) is 12.8. The van der Waals surface area contributed by atoms with Crippen LogP contribution in [-0.4, -0.2) is 45.2 Å². The van der Waals surface area contributed by atoms with E-state index in [1.54, 1.807) is 80.9 Å². The lowest BCUT2D eigenvalue weighted by Gasteiger charge is -2.23. The molecule has 1 unspecified atom stereocenters. The summed E-state index contributed by atoms with van der Waals surface area (Å²) in [5.74, 6) is 1.08. The van der Waals surface area contributed by atoms with E-state index in [0.717, 1.165) is 19.4 Å². The first kappa shape index (κ1) is 26.0. The molecule has 194 valence electrons. The predicted molar refractivity (Wildman–Crippen MR) is 144 cm³/mol. The maximum absolute atomic E-state index is 13.3. The van der Waals surface area contributed by atoms with Gasteiger partial charge in [-0.25, -0.2) is 0 Å². The van der Waals surface area contributed by atoms with Gasteiger partial charge in [0.15, 0.2) is 0 Å². The van der Waals surface area contributed by atoms with E-state index in [1.807, 2.05) is 0 Å². The molecule has 3 aromatic carbocycles. The van der Waals surface area contributed by atoms with Gasteiger partial charge in [0.05, 0.1) is 37.8 Å². The molecule has 3 N–H and O–H groups in total. The highest BCUT2D eigenvalue weighted by Gasteiger charge is 2.18. The maximum atomic E-state index is 13.3. The lowest BCUT2D eigenvalue weighted by atomic mass is 10.0. The van der Waals surface area contributed by atoms with Gasteiger partial charge in [-0.15, -0.1) is 0 Å². The SMILES string of the molecule is COc1ccc(C(=O)Nc2ccccc2NC(=O)c2ccc(OC)cc2OCCC2CCCCN2)cc1. The molecule has 2 amide bonds. The third kappa shape index (κ3) is 7.01. The summed E-state index contributed by atoms with van der Waals surface area (Å²) >= 11 is 0. The molecule has 0 bridgehead atoms. The van der Waals surface area contributed by atoms with Crippen LogP contribution in [0.3, 0.4) is 0 Å². The molecule has 3 aromatic rings. The van der Waals surface area contributed by atoms with Gasteiger partial charge in [-0.1, -0.05) is 18.6 Å². The number of ether oxygens (including phenoxy) is 3. The van der Waals surface area contributed by atoms with Crippen molar-refractivity contribution in [3.05, 3.63) is 77.9 Å². The fraction of sp³-hybridized carbons (Fsp3) is 0.310. The second-order valence-electron chi connectivity index (χ2n) is 8.83. The molecule has 8 nitrogen and oxygen atoms in total. The summed E-state index contributed by atoms with van der Waals surface area (Å²) in [5.41, 5.74) is 1.81. The number of piperidine rings is 1. The molecule has 8 heteroatoms. The van der Waals surface area contributed by atoms with Crippen LogP contribution in [0.4, 0.5) is 11.4 Å². The third-order valence-electron chi connectivity index (χ3n) is 6.35. The smallest absolute Gasteiger partial charge is 0.259 e. The number of hydrogen-bond donors (Lipinski definition) is 3. The van der Waals surface area contributed by atoms with Crippen molar-refractivity contribution in [2.75, 3.05) is 38.0 Å². The Morgan fingerprint density at radius 2 is 1.54 bits per heavy atom. The van der Waals surface area contributed by atoms with Crippen molar-refractivity contribution in [3.63, 3.8) is 0 Å². The first-order valence-electron chi connectivity index (χ1n) is 12.5. The Balaban J connectivity index is 1.46. The van der Waals surface area contributed by atoms with Gasteiger partial charge in [0.1, 0.15) is 17.2 Å². The largest absolute Gasteiger partial charge is 0.497 e. The van der Waals surface area contributed by atoms with Crippen LogP contribution < -0.4 is 30.2 Å². The Kier molecular flexibility index (Phi) is 8.99. The third-order valence-corrected chi connectivity index (χ3v) is 6.35. The van der Waals surface area contributed by atoms with Crippen molar-refractivity contribution in [3.8, 4) is 17.2 Å². The Labute approximate surface area is 217 Å². The summed E-state index contributed by atoms with van der Waals surface area (Å²) in [6.45, 7) is 1.52. The number of carbonyl (C=O) groups is 2. The van der Waals surface area contributed by atoms with Crippen LogP contribution in [0.15, 0.2) is 66.7 Å². The van der Waals surface area contributed by atoms with E-state index in [4.69, 9.17) is 14.2 Å². The average molecular weight is 504 g/mol. The fourth-order valence-electron chi connectivity index (χ4n) is 4.25. The molecule has 0 saturated carbocycles. The summed E-state index contributed by atoms with van der Waals surface area (Å²) in [6, 6.07) is 19.4. The molecular weight excluding hydrogens is 470 g/mol. The summed E-state index contributed by atoms with van der Waals surface area (Å²) in [7, 11) is 3.15. The highest BCUT2D eigenvalue weighted by Crippen LogP contribution is 2.28. The minimum absolute atomic E-state index is 0.297. The summed E-state index contributed by atoms with van der Waals surface area (Å²) in [4.78, 5) is 26.1. The number of benzene rings is 3. The van der Waals surface area contributed by atoms with Gasteiger partial charge in [-0.05, 0) is 74.3 Å². The summed E-state index contributed by atoms with van der Waals surface area (Å²) in [6.07, 6.45) is 4.42. The number of para-hydroxylation sites is 2. The molecule has 0 radical (unpaired) electrons. The number of carbonyl (C=O) groups excluding carboxylic acids is 2. The first-order valence-corrected chi connectivity index (χ1v) is 12.5. The minimum atomic E-state index is -0.348. The van der Waals surface area contributed by atoms with Crippen LogP contribution in [0.25, 0.3) is 0 Å². The van der Waals surface area contributed by atoms with Crippen molar-refractivity contribution >= 4 is 23.2 Å². The second-order valence-corrected chi connectivity index (χ2v) is 8.83. The summed E-state index contributed by atoms with van der Waals surface area (Å²) < 4.78 is 16.5. The Hall–Kier alpha value is -4.04. The van der Waals surface area contributed by atoms with E-state index < -0.39 is 0 Å². The molecule has 0 spiro atoms. The molecule has 1 fully saturated rings. The van der Waals surface area contributed by atoms with Crippen LogP contribution in [0.2, 0.25) is 0 Å². The van der Waals surface area contributed by atoms with E-state index in [0.29, 0.717) is 52.4 Å². The Morgan fingerprint density at radius 3 is 2.19 bits per heavy atom. The van der Waals surface area contributed by atoms with E-state index in [9.17, 15) is 9.59 Å². The van der Waals surface area contributed by atoms with Crippen LogP contribution in [-0.2, 0) is 0 Å². The number of methoxy groups -OCH3 is 2. The van der Waals surface area contributed by atoms with Gasteiger partial charge < -0.3 is 30.2 Å². The normalized spacial score (nSPS) is 14.9. The quantitative estimate of drug-likeness (QED) is 0.355. The van der Waals surface area contributed by atoms with E-state index >= 15 is 0 Å². The molecule has 1 saturated heterocycles. The fourth-order valence-corrected chi connectivity index (χ4v) is 4.25. The Bertz CT molecular complexity index is 1210. The average Bonchev–Trinajstić information content (AvgIpc) is 2.94. The maximum Gasteiger partial charge on any atom is 0.259 e. The van der Waals surface area contributed by atoms with Crippen molar-refractivity contribution in [2.45, 2.75) is 31.7 Å². The molecule has 0 aliphatic carbocycles. The van der Waals surface area contributed by atoms with Gasteiger partial charge in [0.25, 0.3) is 11.8 Å². The zero-order valence-electron chi connectivity index (χ0n) is 21.2. The number of nitrogens with one attached hydrogen (secondary N) is 3. The highest BCUT2D eigenvalue weighted by atomic mass is 16.5. The van der Waals surface area contributed by atoms with Crippen molar-refractivity contribution in [1.82, 2.24) is 5.32 Å². The topological polar surface area (TPSA) is 97.9 Å². The van der Waals surface area contributed by atoms with Gasteiger partial charge in [-0.2, -0.15) is 0 Å². The van der Waals surface area contributed by atoms with Crippen LogP contribution in [0, 0.1) is 0 Å². The summed E-state index contributed by atoms with van der Waals surface area (Å²) in [5, 5.41) is 9.30. The van der Waals surface area contributed by atoms with Crippen molar-refractivity contribution in [2.24, 2.45) is 0 Å². The van der Waals surface area contributed by atoms with E-state index in [2.05, 4.69) is 16.0 Å². The molecule has 1 atom stereocenters. The van der Waals surface area contributed by atoms with Gasteiger partial charge in [-0.3, -0.25) is 9.59 Å². The van der Waals surface area contributed by atoms with Gasteiger partial charge in [0.2, 0.25) is 0 Å². The lowest BCUT2D eigenvalue weighted by Crippen LogP contribution is -2.35. The zero-order valence-corrected chi connectivity index (χ0v) is 21.2. The van der Waals surface area contributed by atoms with Crippen LogP contribution >= 0.6 is 0 Å². The number of rotatable bonds is 10. The lowest BCUT2D eigenvalue weighted by molar-refractivity contribution is 0.101. The number of anilines is 2. The molecule has 1 aliphatic rings. The highest BCUT2D eigenvalue weighted by molar-refractivity contribution is 6.10. The number of hydrogen-bond acceptors (Lipinski definition) is 6. The van der Waals surface area contributed by atoms with Gasteiger partial charge >= 0.3 is 0 Å². The first-order chi connectivity index (χ1) is 18.1. The number of amides is 2. The van der Waals surface area contributed by atoms with Crippen molar-refractivity contribution < 1.29 is 23.8 Å². The Morgan fingerprint density at radius 1 is 0.865 bits per heavy atom. The van der Waals surface area contributed by atoms with E-state index in [-0.39, 0.29) is 11.8 Å². The molecule has 1 heterocycles. The van der Waals surface area contributed by atoms with Crippen LogP contribution in [0.5, 0.6) is 17.2 Å².